The quantitative estimate of drug-likeness (QED) is 0.517. The fourth-order valence-electron chi connectivity index (χ4n) is 1.12. The highest BCUT2D eigenvalue weighted by atomic mass is 32.1. The van der Waals surface area contributed by atoms with Crippen molar-refractivity contribution in [3.8, 4) is 0 Å². The van der Waals surface area contributed by atoms with Crippen LogP contribution in [0.2, 0.25) is 0 Å². The Balaban J connectivity index is 2.08. The van der Waals surface area contributed by atoms with Gasteiger partial charge in [-0.2, -0.15) is 5.10 Å². The van der Waals surface area contributed by atoms with E-state index >= 15 is 0 Å². The van der Waals surface area contributed by atoms with E-state index in [0.717, 1.165) is 18.8 Å². The van der Waals surface area contributed by atoms with Crippen LogP contribution >= 0.6 is 12.2 Å². The summed E-state index contributed by atoms with van der Waals surface area (Å²) in [6.07, 6.45) is 2.44. The summed E-state index contributed by atoms with van der Waals surface area (Å²) in [6, 6.07) is 0. The Morgan fingerprint density at radius 1 is 1.50 bits per heavy atom. The molecule has 0 saturated heterocycles. The van der Waals surface area contributed by atoms with E-state index in [1.54, 1.807) is 18.1 Å². The molecule has 0 aliphatic heterocycles. The van der Waals surface area contributed by atoms with E-state index in [4.69, 9.17) is 17.0 Å². The maximum atomic E-state index is 5.06. The molecule has 0 unspecified atom stereocenters. The summed E-state index contributed by atoms with van der Waals surface area (Å²) in [6.45, 7) is 2.08. The van der Waals surface area contributed by atoms with Crippen LogP contribution in [0.1, 0.15) is 5.82 Å². The Kier molecular flexibility index (Phi) is 5.73. The number of methoxy groups -OCH3 is 1. The highest BCUT2D eigenvalue weighted by molar-refractivity contribution is 7.80. The van der Waals surface area contributed by atoms with Crippen molar-refractivity contribution in [1.29, 1.82) is 0 Å². The fraction of sp³-hybridized carbons (Fsp3) is 0.667. The third kappa shape index (κ3) is 5.04. The summed E-state index contributed by atoms with van der Waals surface area (Å²) >= 11 is 5.06. The van der Waals surface area contributed by atoms with Gasteiger partial charge in [-0.05, 0) is 12.2 Å². The van der Waals surface area contributed by atoms with Crippen molar-refractivity contribution < 1.29 is 4.74 Å². The SMILES string of the molecule is COCCNC(=S)NCCc1ncn(C)n1. The highest BCUT2D eigenvalue weighted by Crippen LogP contribution is 1.87. The van der Waals surface area contributed by atoms with E-state index in [9.17, 15) is 0 Å². The smallest absolute Gasteiger partial charge is 0.166 e. The molecule has 16 heavy (non-hydrogen) atoms. The van der Waals surface area contributed by atoms with Gasteiger partial charge in [0.05, 0.1) is 6.61 Å². The van der Waals surface area contributed by atoms with Crippen LogP contribution < -0.4 is 10.6 Å². The minimum Gasteiger partial charge on any atom is -0.383 e. The summed E-state index contributed by atoms with van der Waals surface area (Å²) in [5, 5.41) is 10.9. The molecule has 0 amide bonds. The third-order valence-electron chi connectivity index (χ3n) is 1.87. The number of aromatic nitrogens is 3. The Morgan fingerprint density at radius 3 is 2.88 bits per heavy atom. The van der Waals surface area contributed by atoms with Crippen molar-refractivity contribution in [3.63, 3.8) is 0 Å². The zero-order valence-electron chi connectivity index (χ0n) is 9.56. The normalized spacial score (nSPS) is 10.1. The van der Waals surface area contributed by atoms with Gasteiger partial charge in [0.25, 0.3) is 0 Å². The van der Waals surface area contributed by atoms with Crippen LogP contribution in [0.5, 0.6) is 0 Å². The number of ether oxygens (including phenoxy) is 1. The van der Waals surface area contributed by atoms with Crippen molar-refractivity contribution in [2.24, 2.45) is 7.05 Å². The molecule has 0 spiro atoms. The molecule has 0 atom stereocenters. The standard InChI is InChI=1S/C9H17N5OS/c1-14-7-12-8(13-14)3-4-10-9(16)11-5-6-15-2/h7H,3-6H2,1-2H3,(H2,10,11,16). The first-order chi connectivity index (χ1) is 7.72. The third-order valence-corrected chi connectivity index (χ3v) is 2.16. The molecule has 1 aromatic rings. The van der Waals surface area contributed by atoms with Gasteiger partial charge in [0.1, 0.15) is 6.33 Å². The lowest BCUT2D eigenvalue weighted by molar-refractivity contribution is 0.204. The first-order valence-corrected chi connectivity index (χ1v) is 5.48. The number of aryl methyl sites for hydroxylation is 1. The molecular weight excluding hydrogens is 226 g/mol. The van der Waals surface area contributed by atoms with E-state index in [1.165, 1.54) is 0 Å². The highest BCUT2D eigenvalue weighted by Gasteiger charge is 1.99. The van der Waals surface area contributed by atoms with Crippen LogP contribution in [0.15, 0.2) is 6.33 Å². The zero-order chi connectivity index (χ0) is 11.8. The molecule has 0 bridgehead atoms. The van der Waals surface area contributed by atoms with Gasteiger partial charge in [0.15, 0.2) is 10.9 Å². The molecular formula is C9H17N5OS. The largest absolute Gasteiger partial charge is 0.383 e. The van der Waals surface area contributed by atoms with Gasteiger partial charge in [-0.25, -0.2) is 4.98 Å². The van der Waals surface area contributed by atoms with E-state index in [0.29, 0.717) is 18.3 Å². The van der Waals surface area contributed by atoms with Gasteiger partial charge in [0, 0.05) is 33.7 Å². The maximum absolute atomic E-state index is 5.06. The van der Waals surface area contributed by atoms with E-state index in [-0.39, 0.29) is 0 Å². The number of nitrogens with one attached hydrogen (secondary N) is 2. The average molecular weight is 243 g/mol. The summed E-state index contributed by atoms with van der Waals surface area (Å²) in [4.78, 5) is 4.12. The van der Waals surface area contributed by atoms with Gasteiger partial charge >= 0.3 is 0 Å². The summed E-state index contributed by atoms with van der Waals surface area (Å²) in [5.41, 5.74) is 0. The molecule has 1 rings (SSSR count). The molecule has 7 heteroatoms. The first kappa shape index (κ1) is 12.9. The second-order valence-electron chi connectivity index (χ2n) is 3.26. The molecule has 0 saturated carbocycles. The van der Waals surface area contributed by atoms with Gasteiger partial charge in [0.2, 0.25) is 0 Å². The maximum Gasteiger partial charge on any atom is 0.166 e. The van der Waals surface area contributed by atoms with Crippen molar-refractivity contribution in [3.05, 3.63) is 12.2 Å². The number of rotatable bonds is 6. The Morgan fingerprint density at radius 2 is 2.25 bits per heavy atom. The monoisotopic (exact) mass is 243 g/mol. The topological polar surface area (TPSA) is 64.0 Å². The molecule has 0 aliphatic rings. The Hall–Kier alpha value is -1.21. The van der Waals surface area contributed by atoms with Crippen molar-refractivity contribution in [2.75, 3.05) is 26.8 Å². The van der Waals surface area contributed by atoms with Crippen LogP contribution in [-0.4, -0.2) is 46.7 Å². The second kappa shape index (κ2) is 7.13. The van der Waals surface area contributed by atoms with Gasteiger partial charge in [-0.15, -0.1) is 0 Å². The Labute approximate surface area is 100 Å². The lowest BCUT2D eigenvalue weighted by atomic mass is 10.4. The van der Waals surface area contributed by atoms with Gasteiger partial charge in [-0.3, -0.25) is 4.68 Å². The molecule has 90 valence electrons. The van der Waals surface area contributed by atoms with Crippen molar-refractivity contribution in [1.82, 2.24) is 25.4 Å². The van der Waals surface area contributed by atoms with Crippen LogP contribution in [-0.2, 0) is 18.2 Å². The molecule has 0 aromatic carbocycles. The number of hydrogen-bond acceptors (Lipinski definition) is 4. The lowest BCUT2D eigenvalue weighted by Crippen LogP contribution is -2.38. The lowest BCUT2D eigenvalue weighted by Gasteiger charge is -2.08. The minimum atomic E-state index is 0.632. The second-order valence-corrected chi connectivity index (χ2v) is 3.67. The molecule has 0 fully saturated rings. The van der Waals surface area contributed by atoms with E-state index in [2.05, 4.69) is 20.7 Å². The molecule has 0 aliphatic carbocycles. The summed E-state index contributed by atoms with van der Waals surface area (Å²) in [7, 11) is 3.51. The number of nitrogens with zero attached hydrogens (tertiary/aromatic N) is 3. The van der Waals surface area contributed by atoms with Crippen LogP contribution in [0.25, 0.3) is 0 Å². The number of thiocarbonyl (C=S) groups is 1. The van der Waals surface area contributed by atoms with Crippen LogP contribution in [0.4, 0.5) is 0 Å². The molecule has 0 radical (unpaired) electrons. The zero-order valence-corrected chi connectivity index (χ0v) is 10.4. The fourth-order valence-corrected chi connectivity index (χ4v) is 1.32. The Bertz CT molecular complexity index is 327. The summed E-state index contributed by atoms with van der Waals surface area (Å²) in [5.74, 6) is 0.815. The van der Waals surface area contributed by atoms with E-state index < -0.39 is 0 Å². The van der Waals surface area contributed by atoms with Gasteiger partial charge in [-0.1, -0.05) is 0 Å². The van der Waals surface area contributed by atoms with Crippen molar-refractivity contribution >= 4 is 17.3 Å². The first-order valence-electron chi connectivity index (χ1n) is 5.07. The number of hydrogen-bond donors (Lipinski definition) is 2. The average Bonchev–Trinajstić information content (AvgIpc) is 2.65. The predicted molar refractivity (Wildman–Crippen MR) is 65.2 cm³/mol. The van der Waals surface area contributed by atoms with Crippen LogP contribution in [0.3, 0.4) is 0 Å². The molecule has 1 heterocycles. The van der Waals surface area contributed by atoms with Crippen LogP contribution in [0, 0.1) is 0 Å². The minimum absolute atomic E-state index is 0.632. The van der Waals surface area contributed by atoms with E-state index in [1.807, 2.05) is 7.05 Å². The van der Waals surface area contributed by atoms with Gasteiger partial charge < -0.3 is 15.4 Å². The summed E-state index contributed by atoms with van der Waals surface area (Å²) < 4.78 is 6.58. The molecule has 6 nitrogen and oxygen atoms in total. The molecule has 2 N–H and O–H groups in total. The van der Waals surface area contributed by atoms with Crippen molar-refractivity contribution in [2.45, 2.75) is 6.42 Å². The predicted octanol–water partition coefficient (Wildman–Crippen LogP) is -0.532. The molecule has 1 aromatic heterocycles.